The minimum Gasteiger partial charge on any atom is -0.352 e. The van der Waals surface area contributed by atoms with Crippen molar-refractivity contribution in [1.82, 2.24) is 10.2 Å². The van der Waals surface area contributed by atoms with E-state index in [1.807, 2.05) is 0 Å². The maximum Gasteiger partial charge on any atom is 0.261 e. The second-order valence-electron chi connectivity index (χ2n) is 8.31. The first kappa shape index (κ1) is 22.3. The monoisotopic (exact) mass is 429 g/mol. The van der Waals surface area contributed by atoms with Crippen LogP contribution in [0.4, 0.5) is 5.69 Å². The molecule has 7 heteroatoms. The maximum absolute atomic E-state index is 12.4. The topological polar surface area (TPSA) is 78.5 Å². The lowest BCUT2D eigenvalue weighted by atomic mass is 9.92. The Kier molecular flexibility index (Phi) is 7.50. The molecular formula is C23H31N3O3S. The summed E-state index contributed by atoms with van der Waals surface area (Å²) in [6, 6.07) is 14.7. The molecule has 1 amide bonds. The Balaban J connectivity index is 1.46. The molecule has 0 bridgehead atoms. The second-order valence-corrected chi connectivity index (χ2v) is 9.99. The fraction of sp³-hybridized carbons (Fsp3) is 0.435. The van der Waals surface area contributed by atoms with Crippen LogP contribution in [0.2, 0.25) is 0 Å². The number of rotatable bonds is 8. The summed E-state index contributed by atoms with van der Waals surface area (Å²) in [4.78, 5) is 15.0. The molecule has 1 saturated heterocycles. The molecule has 1 heterocycles. The number of anilines is 1. The Morgan fingerprint density at radius 3 is 2.27 bits per heavy atom. The first-order valence-electron chi connectivity index (χ1n) is 10.5. The third kappa shape index (κ3) is 6.31. The summed E-state index contributed by atoms with van der Waals surface area (Å²) in [7, 11) is -3.64. The highest BCUT2D eigenvalue weighted by molar-refractivity contribution is 7.92. The lowest BCUT2D eigenvalue weighted by molar-refractivity contribution is 0.0947. The Morgan fingerprint density at radius 2 is 1.63 bits per heavy atom. The molecule has 1 aliphatic rings. The van der Waals surface area contributed by atoms with E-state index in [9.17, 15) is 13.2 Å². The van der Waals surface area contributed by atoms with E-state index in [4.69, 9.17) is 0 Å². The van der Waals surface area contributed by atoms with Crippen LogP contribution in [0.15, 0.2) is 59.5 Å². The molecule has 2 N–H and O–H groups in total. The molecule has 0 spiro atoms. The summed E-state index contributed by atoms with van der Waals surface area (Å²) in [5.41, 5.74) is 0.932. The average molecular weight is 430 g/mol. The molecule has 2 aromatic carbocycles. The summed E-state index contributed by atoms with van der Waals surface area (Å²) in [6.45, 7) is 8.50. The molecule has 1 aliphatic heterocycles. The number of likely N-dealkylation sites (tertiary alicyclic amines) is 1. The molecule has 3 rings (SSSR count). The van der Waals surface area contributed by atoms with Gasteiger partial charge < -0.3 is 10.2 Å². The predicted octanol–water partition coefficient (Wildman–Crippen LogP) is 3.59. The van der Waals surface area contributed by atoms with Crippen molar-refractivity contribution in [2.75, 3.05) is 30.9 Å². The zero-order valence-electron chi connectivity index (χ0n) is 17.7. The molecule has 2 aromatic rings. The van der Waals surface area contributed by atoms with Crippen LogP contribution in [-0.2, 0) is 10.0 Å². The Bertz CT molecular complexity index is 920. The molecule has 0 radical (unpaired) electrons. The van der Waals surface area contributed by atoms with E-state index in [1.54, 1.807) is 42.5 Å². The number of piperidine rings is 1. The van der Waals surface area contributed by atoms with Crippen LogP contribution >= 0.6 is 0 Å². The number of sulfonamides is 1. The molecule has 0 aromatic heterocycles. The zero-order valence-corrected chi connectivity index (χ0v) is 18.5. The molecule has 1 fully saturated rings. The highest BCUT2D eigenvalue weighted by atomic mass is 32.2. The highest BCUT2D eigenvalue weighted by Crippen LogP contribution is 2.21. The standard InChI is InChI=1S/C23H31N3O3S/c1-18-15-19(2)17-26(16-18)14-6-13-24-23(27)20-9-11-21(12-10-20)25-30(28,29)22-7-4-3-5-8-22/h3-5,7-12,18-19,25H,6,13-17H2,1-2H3,(H,24,27)/t18-,19+. The number of hydrogen-bond donors (Lipinski definition) is 2. The van der Waals surface area contributed by atoms with Crippen LogP contribution in [0.25, 0.3) is 0 Å². The van der Waals surface area contributed by atoms with Gasteiger partial charge in [0.05, 0.1) is 4.90 Å². The van der Waals surface area contributed by atoms with Crippen molar-refractivity contribution in [3.8, 4) is 0 Å². The zero-order chi connectivity index (χ0) is 21.6. The third-order valence-corrected chi connectivity index (χ3v) is 6.73. The van der Waals surface area contributed by atoms with Gasteiger partial charge in [-0.2, -0.15) is 0 Å². The van der Waals surface area contributed by atoms with Crippen LogP contribution in [0, 0.1) is 11.8 Å². The largest absolute Gasteiger partial charge is 0.352 e. The SMILES string of the molecule is C[C@@H]1C[C@H](C)CN(CCCNC(=O)c2ccc(NS(=O)(=O)c3ccccc3)cc2)C1. The number of hydrogen-bond acceptors (Lipinski definition) is 4. The van der Waals surface area contributed by atoms with E-state index < -0.39 is 10.0 Å². The van der Waals surface area contributed by atoms with Gasteiger partial charge in [-0.15, -0.1) is 0 Å². The molecule has 2 atom stereocenters. The second kappa shape index (κ2) is 10.1. The van der Waals surface area contributed by atoms with Gasteiger partial charge in [-0.05, 0) is 67.6 Å². The van der Waals surface area contributed by atoms with E-state index in [0.717, 1.165) is 37.9 Å². The van der Waals surface area contributed by atoms with Gasteiger partial charge in [-0.3, -0.25) is 9.52 Å². The number of carbonyl (C=O) groups is 1. The van der Waals surface area contributed by atoms with Crippen molar-refractivity contribution in [3.63, 3.8) is 0 Å². The van der Waals surface area contributed by atoms with E-state index in [0.29, 0.717) is 17.8 Å². The van der Waals surface area contributed by atoms with Crippen molar-refractivity contribution >= 4 is 21.6 Å². The molecular weight excluding hydrogens is 398 g/mol. The van der Waals surface area contributed by atoms with Crippen molar-refractivity contribution < 1.29 is 13.2 Å². The van der Waals surface area contributed by atoms with Crippen molar-refractivity contribution in [2.45, 2.75) is 31.6 Å². The maximum atomic E-state index is 12.4. The van der Waals surface area contributed by atoms with Gasteiger partial charge in [0.1, 0.15) is 0 Å². The summed E-state index contributed by atoms with van der Waals surface area (Å²) < 4.78 is 27.3. The fourth-order valence-electron chi connectivity index (χ4n) is 4.08. The number of carbonyl (C=O) groups excluding carboxylic acids is 1. The Labute approximate surface area is 179 Å². The van der Waals surface area contributed by atoms with Gasteiger partial charge in [-0.25, -0.2) is 8.42 Å². The molecule has 0 aliphatic carbocycles. The average Bonchev–Trinajstić information content (AvgIpc) is 2.71. The third-order valence-electron chi connectivity index (χ3n) is 5.33. The van der Waals surface area contributed by atoms with Crippen LogP contribution in [0.3, 0.4) is 0 Å². The normalized spacial score (nSPS) is 19.9. The van der Waals surface area contributed by atoms with Crippen LogP contribution in [0.5, 0.6) is 0 Å². The number of benzene rings is 2. The summed E-state index contributed by atoms with van der Waals surface area (Å²) in [5.74, 6) is 1.33. The van der Waals surface area contributed by atoms with E-state index in [-0.39, 0.29) is 10.8 Å². The summed E-state index contributed by atoms with van der Waals surface area (Å²) in [6.07, 6.45) is 2.21. The predicted molar refractivity (Wildman–Crippen MR) is 120 cm³/mol. The quantitative estimate of drug-likeness (QED) is 0.629. The highest BCUT2D eigenvalue weighted by Gasteiger charge is 2.21. The summed E-state index contributed by atoms with van der Waals surface area (Å²) >= 11 is 0. The van der Waals surface area contributed by atoms with Crippen LogP contribution in [-0.4, -0.2) is 45.4 Å². The Morgan fingerprint density at radius 1 is 1.00 bits per heavy atom. The molecule has 0 saturated carbocycles. The lowest BCUT2D eigenvalue weighted by Crippen LogP contribution is -2.40. The summed E-state index contributed by atoms with van der Waals surface area (Å²) in [5, 5.41) is 2.95. The van der Waals surface area contributed by atoms with Gasteiger partial charge in [-0.1, -0.05) is 32.0 Å². The number of amides is 1. The van der Waals surface area contributed by atoms with Crippen LogP contribution < -0.4 is 10.0 Å². The van der Waals surface area contributed by atoms with Crippen molar-refractivity contribution in [1.29, 1.82) is 0 Å². The van der Waals surface area contributed by atoms with Crippen molar-refractivity contribution in [2.24, 2.45) is 11.8 Å². The van der Waals surface area contributed by atoms with Gasteiger partial charge in [0.2, 0.25) is 0 Å². The molecule has 162 valence electrons. The van der Waals surface area contributed by atoms with Crippen LogP contribution in [0.1, 0.15) is 37.0 Å². The smallest absolute Gasteiger partial charge is 0.261 e. The lowest BCUT2D eigenvalue weighted by Gasteiger charge is -2.34. The minimum atomic E-state index is -3.64. The number of nitrogens with zero attached hydrogens (tertiary/aromatic N) is 1. The molecule has 6 nitrogen and oxygen atoms in total. The first-order chi connectivity index (χ1) is 14.3. The van der Waals surface area contributed by atoms with Gasteiger partial charge in [0.25, 0.3) is 15.9 Å². The fourth-order valence-corrected chi connectivity index (χ4v) is 5.16. The molecule has 30 heavy (non-hydrogen) atoms. The van der Waals surface area contributed by atoms with Gasteiger partial charge in [0.15, 0.2) is 0 Å². The minimum absolute atomic E-state index is 0.146. The van der Waals surface area contributed by atoms with Gasteiger partial charge >= 0.3 is 0 Å². The Hall–Kier alpha value is -2.38. The number of nitrogens with one attached hydrogen (secondary N) is 2. The first-order valence-corrected chi connectivity index (χ1v) is 12.0. The van der Waals surface area contributed by atoms with Gasteiger partial charge in [0, 0.05) is 30.9 Å². The van der Waals surface area contributed by atoms with E-state index in [2.05, 4.69) is 28.8 Å². The van der Waals surface area contributed by atoms with E-state index >= 15 is 0 Å². The van der Waals surface area contributed by atoms with E-state index in [1.165, 1.54) is 18.6 Å². The van der Waals surface area contributed by atoms with Crippen molar-refractivity contribution in [3.05, 3.63) is 60.2 Å². The molecule has 0 unspecified atom stereocenters.